The smallest absolute Gasteiger partial charge is 0.325 e. The van der Waals surface area contributed by atoms with E-state index in [1.54, 1.807) is 0 Å². The van der Waals surface area contributed by atoms with Crippen molar-refractivity contribution in [2.75, 3.05) is 12.7 Å². The molecule has 0 aliphatic rings. The second kappa shape index (κ2) is 12.1. The van der Waals surface area contributed by atoms with Crippen molar-refractivity contribution in [3.05, 3.63) is 106 Å². The lowest BCUT2D eigenvalue weighted by Crippen LogP contribution is -2.15. The van der Waals surface area contributed by atoms with E-state index in [1.807, 2.05) is 56.3 Å². The van der Waals surface area contributed by atoms with Crippen molar-refractivity contribution in [1.29, 1.82) is 0 Å². The molecule has 0 saturated heterocycles. The van der Waals surface area contributed by atoms with E-state index in [9.17, 15) is 13.3 Å². The summed E-state index contributed by atoms with van der Waals surface area (Å²) in [6.07, 6.45) is 0.663. The molecule has 3 N–H and O–H groups in total. The molecular weight excluding hydrogens is 511 g/mol. The minimum atomic E-state index is -3.97. The minimum Gasteiger partial charge on any atom is -0.338 e. The summed E-state index contributed by atoms with van der Waals surface area (Å²) >= 11 is 0. The molecule has 4 aromatic rings. The molecule has 1 atom stereocenters. The Hall–Kier alpha value is -3.23. The van der Waals surface area contributed by atoms with E-state index >= 15 is 0 Å². The number of aryl methyl sites for hydroxylation is 2. The van der Waals surface area contributed by atoms with Gasteiger partial charge >= 0.3 is 7.60 Å². The summed E-state index contributed by atoms with van der Waals surface area (Å²) in [5.74, 6) is -1.26. The molecule has 7 nitrogen and oxygen atoms in total. The summed E-state index contributed by atoms with van der Waals surface area (Å²) in [5.41, 5.74) is 5.38. The Balaban J connectivity index is 1.51. The Morgan fingerprint density at radius 3 is 2.29 bits per heavy atom. The third-order valence-electron chi connectivity index (χ3n) is 6.38. The van der Waals surface area contributed by atoms with Gasteiger partial charge in [-0.05, 0) is 73.2 Å². The topological polar surface area (TPSA) is 108 Å². The predicted octanol–water partition coefficient (Wildman–Crippen LogP) is 5.66. The SMILES string of the molecule is Cc1ccc(CC(c2cc(F)cc(F)c2)c2nc(-c3ccc(CNCCCP(=O)(O)O)cc3)no2)cc1C. The molecule has 0 bridgehead atoms. The molecule has 0 saturated carbocycles. The van der Waals surface area contributed by atoms with Crippen LogP contribution in [0.3, 0.4) is 0 Å². The standard InChI is InChI=1S/C28H30F2N3O4P/c1-18-4-5-21(12-19(18)2)13-26(23-14-24(29)16-25(30)15-23)28-32-27(33-37-28)22-8-6-20(7-9-22)17-31-10-3-11-38(34,35)36/h4-9,12,14-16,26,31H,3,10-11,13,17H2,1-2H3,(H2,34,35,36). The van der Waals surface area contributed by atoms with Gasteiger partial charge in [-0.3, -0.25) is 4.57 Å². The molecule has 0 spiro atoms. The van der Waals surface area contributed by atoms with Crippen LogP contribution in [0.5, 0.6) is 0 Å². The zero-order valence-corrected chi connectivity index (χ0v) is 22.1. The van der Waals surface area contributed by atoms with Crippen LogP contribution in [-0.4, -0.2) is 32.6 Å². The summed E-state index contributed by atoms with van der Waals surface area (Å²) in [6, 6.07) is 17.0. The first kappa shape index (κ1) is 27.8. The number of nitrogens with zero attached hydrogens (tertiary/aromatic N) is 2. The van der Waals surface area contributed by atoms with E-state index in [1.165, 1.54) is 12.1 Å². The largest absolute Gasteiger partial charge is 0.338 e. The molecule has 0 radical (unpaired) electrons. The van der Waals surface area contributed by atoms with Gasteiger partial charge in [0.1, 0.15) is 11.6 Å². The Labute approximate surface area is 220 Å². The van der Waals surface area contributed by atoms with E-state index in [-0.39, 0.29) is 12.1 Å². The summed E-state index contributed by atoms with van der Waals surface area (Å²) in [6.45, 7) is 5.07. The summed E-state index contributed by atoms with van der Waals surface area (Å²) in [7, 11) is -3.97. The minimum absolute atomic E-state index is 0.147. The van der Waals surface area contributed by atoms with Gasteiger partial charge < -0.3 is 19.6 Å². The fourth-order valence-corrected chi connectivity index (χ4v) is 4.77. The van der Waals surface area contributed by atoms with Crippen LogP contribution < -0.4 is 5.32 Å². The highest BCUT2D eigenvalue weighted by atomic mass is 31.2. The van der Waals surface area contributed by atoms with Crippen LogP contribution in [0.25, 0.3) is 11.4 Å². The van der Waals surface area contributed by atoms with E-state index in [0.717, 1.165) is 33.9 Å². The van der Waals surface area contributed by atoms with Gasteiger partial charge in [-0.2, -0.15) is 4.98 Å². The van der Waals surface area contributed by atoms with Crippen molar-refractivity contribution in [2.24, 2.45) is 0 Å². The molecule has 1 unspecified atom stereocenters. The van der Waals surface area contributed by atoms with Crippen molar-refractivity contribution in [1.82, 2.24) is 15.5 Å². The molecule has 1 aromatic heterocycles. The summed E-state index contributed by atoms with van der Waals surface area (Å²) in [5, 5.41) is 7.28. The van der Waals surface area contributed by atoms with Crippen LogP contribution in [0.4, 0.5) is 8.78 Å². The molecule has 4 rings (SSSR count). The quantitative estimate of drug-likeness (QED) is 0.166. The number of benzene rings is 3. The molecule has 0 aliphatic carbocycles. The number of aromatic nitrogens is 2. The number of hydrogen-bond donors (Lipinski definition) is 3. The molecule has 200 valence electrons. The molecule has 10 heteroatoms. The average Bonchev–Trinajstić information content (AvgIpc) is 3.33. The van der Waals surface area contributed by atoms with Crippen LogP contribution in [0.2, 0.25) is 0 Å². The third-order valence-corrected chi connectivity index (χ3v) is 7.28. The van der Waals surface area contributed by atoms with E-state index in [0.29, 0.717) is 37.3 Å². The maximum absolute atomic E-state index is 14.1. The van der Waals surface area contributed by atoms with E-state index in [4.69, 9.17) is 14.3 Å². The first-order valence-corrected chi connectivity index (χ1v) is 14.1. The van der Waals surface area contributed by atoms with Crippen LogP contribution in [-0.2, 0) is 17.5 Å². The van der Waals surface area contributed by atoms with Gasteiger partial charge in [0.05, 0.1) is 12.1 Å². The Morgan fingerprint density at radius 1 is 0.947 bits per heavy atom. The summed E-state index contributed by atoms with van der Waals surface area (Å²) < 4.78 is 44.7. The van der Waals surface area contributed by atoms with Crippen molar-refractivity contribution < 1.29 is 27.7 Å². The fourth-order valence-electron chi connectivity index (χ4n) is 4.20. The highest BCUT2D eigenvalue weighted by molar-refractivity contribution is 7.51. The second-order valence-corrected chi connectivity index (χ2v) is 11.2. The Morgan fingerprint density at radius 2 is 1.63 bits per heavy atom. The average molecular weight is 542 g/mol. The van der Waals surface area contributed by atoms with Gasteiger partial charge in [0.25, 0.3) is 0 Å². The first-order chi connectivity index (χ1) is 18.1. The highest BCUT2D eigenvalue weighted by Crippen LogP contribution is 2.34. The molecule has 0 amide bonds. The fraction of sp³-hybridized carbons (Fsp3) is 0.286. The zero-order valence-electron chi connectivity index (χ0n) is 21.2. The molecular formula is C28H30F2N3O4P. The third kappa shape index (κ3) is 7.65. The van der Waals surface area contributed by atoms with Crippen LogP contribution in [0.15, 0.2) is 65.2 Å². The normalized spacial score (nSPS) is 12.6. The van der Waals surface area contributed by atoms with E-state index < -0.39 is 25.1 Å². The summed E-state index contributed by atoms with van der Waals surface area (Å²) in [4.78, 5) is 22.4. The Kier molecular flexibility index (Phi) is 8.84. The molecule has 1 heterocycles. The maximum Gasteiger partial charge on any atom is 0.325 e. The lowest BCUT2D eigenvalue weighted by molar-refractivity contribution is 0.364. The second-order valence-electron chi connectivity index (χ2n) is 9.45. The van der Waals surface area contributed by atoms with Crippen molar-refractivity contribution >= 4 is 7.60 Å². The lowest BCUT2D eigenvalue weighted by Gasteiger charge is -2.15. The number of hydrogen-bond acceptors (Lipinski definition) is 5. The van der Waals surface area contributed by atoms with Crippen LogP contribution in [0.1, 0.15) is 46.0 Å². The lowest BCUT2D eigenvalue weighted by atomic mass is 9.90. The zero-order chi connectivity index (χ0) is 27.3. The maximum atomic E-state index is 14.1. The number of nitrogens with one attached hydrogen (secondary N) is 1. The molecule has 3 aromatic carbocycles. The number of halogens is 2. The molecule has 0 aliphatic heterocycles. The molecule has 38 heavy (non-hydrogen) atoms. The van der Waals surface area contributed by atoms with E-state index in [2.05, 4.69) is 15.5 Å². The van der Waals surface area contributed by atoms with Crippen LogP contribution >= 0.6 is 7.60 Å². The van der Waals surface area contributed by atoms with Gasteiger partial charge in [0, 0.05) is 18.2 Å². The van der Waals surface area contributed by atoms with Gasteiger partial charge in [0.15, 0.2) is 0 Å². The number of rotatable bonds is 11. The van der Waals surface area contributed by atoms with Gasteiger partial charge in [-0.25, -0.2) is 8.78 Å². The van der Waals surface area contributed by atoms with Gasteiger partial charge in [-0.15, -0.1) is 0 Å². The molecule has 0 fully saturated rings. The van der Waals surface area contributed by atoms with Gasteiger partial charge in [0.2, 0.25) is 11.7 Å². The van der Waals surface area contributed by atoms with Crippen molar-refractivity contribution in [3.8, 4) is 11.4 Å². The van der Waals surface area contributed by atoms with Crippen LogP contribution in [0, 0.1) is 25.5 Å². The predicted molar refractivity (Wildman–Crippen MR) is 141 cm³/mol. The monoisotopic (exact) mass is 541 g/mol. The Bertz CT molecular complexity index is 1420. The highest BCUT2D eigenvalue weighted by Gasteiger charge is 2.24. The first-order valence-electron chi connectivity index (χ1n) is 12.3. The van der Waals surface area contributed by atoms with Crippen molar-refractivity contribution in [2.45, 2.75) is 39.2 Å². The van der Waals surface area contributed by atoms with Gasteiger partial charge in [-0.1, -0.05) is 47.6 Å². The van der Waals surface area contributed by atoms with Crippen molar-refractivity contribution in [3.63, 3.8) is 0 Å².